The number of nitrogens with zero attached hydrogens (tertiary/aromatic N) is 3. The van der Waals surface area contributed by atoms with Crippen LogP contribution in [0, 0.1) is 0 Å². The molecule has 2 aliphatic rings. The Balaban J connectivity index is 1.73. The molecule has 1 spiro atoms. The molecule has 1 saturated carbocycles. The molecule has 94 valence electrons. The molecule has 0 amide bonds. The van der Waals surface area contributed by atoms with E-state index in [1.54, 1.807) is 21.9 Å². The zero-order valence-corrected chi connectivity index (χ0v) is 10.7. The summed E-state index contributed by atoms with van der Waals surface area (Å²) in [6.07, 6.45) is 6.05. The summed E-state index contributed by atoms with van der Waals surface area (Å²) in [6, 6.07) is 1.50. The fourth-order valence-electron chi connectivity index (χ4n) is 2.60. The first kappa shape index (κ1) is 10.5. The molecule has 2 aromatic heterocycles. The van der Waals surface area contributed by atoms with E-state index in [1.165, 1.54) is 18.9 Å². The summed E-state index contributed by atoms with van der Waals surface area (Å²) >= 11 is 1.60. The number of piperazine rings is 1. The van der Waals surface area contributed by atoms with Gasteiger partial charge < -0.3 is 10.2 Å². The monoisotopic (exact) mass is 262 g/mol. The van der Waals surface area contributed by atoms with E-state index in [-0.39, 0.29) is 5.56 Å². The van der Waals surface area contributed by atoms with Crippen molar-refractivity contribution in [2.24, 2.45) is 0 Å². The minimum Gasteiger partial charge on any atom is -0.359 e. The molecule has 0 aromatic carbocycles. The van der Waals surface area contributed by atoms with Gasteiger partial charge in [0, 0.05) is 43.6 Å². The molecule has 0 unspecified atom stereocenters. The number of hydrogen-bond acceptors (Lipinski definition) is 5. The van der Waals surface area contributed by atoms with Gasteiger partial charge in [0.2, 0.25) is 0 Å². The Bertz CT molecular complexity index is 657. The molecular formula is C12H14N4OS. The standard InChI is InChI=1S/C12H14N4OS/c17-9-1-4-13-11-16(9)7-10(18-11)15-6-5-14-12(8-15)2-3-12/h1,4,7,14H,2-3,5-6,8H2. The number of thiazole rings is 1. The summed E-state index contributed by atoms with van der Waals surface area (Å²) in [5, 5.41) is 4.74. The van der Waals surface area contributed by atoms with Gasteiger partial charge in [-0.25, -0.2) is 4.98 Å². The minimum atomic E-state index is -0.00114. The lowest BCUT2D eigenvalue weighted by atomic mass is 10.2. The highest BCUT2D eigenvalue weighted by atomic mass is 32.1. The quantitative estimate of drug-likeness (QED) is 0.822. The van der Waals surface area contributed by atoms with E-state index < -0.39 is 0 Å². The lowest BCUT2D eigenvalue weighted by molar-refractivity contribution is 0.443. The summed E-state index contributed by atoms with van der Waals surface area (Å²) in [4.78, 5) is 19.1. The van der Waals surface area contributed by atoms with Gasteiger partial charge in [0.25, 0.3) is 5.56 Å². The smallest absolute Gasteiger partial charge is 0.258 e. The Hall–Kier alpha value is -1.40. The van der Waals surface area contributed by atoms with Crippen molar-refractivity contribution in [1.29, 1.82) is 0 Å². The predicted molar refractivity (Wildman–Crippen MR) is 71.5 cm³/mol. The van der Waals surface area contributed by atoms with Crippen molar-refractivity contribution in [2.45, 2.75) is 18.4 Å². The Morgan fingerprint density at radius 2 is 2.33 bits per heavy atom. The average Bonchev–Trinajstić information content (AvgIpc) is 2.96. The van der Waals surface area contributed by atoms with Crippen molar-refractivity contribution >= 4 is 21.3 Å². The highest BCUT2D eigenvalue weighted by Gasteiger charge is 2.45. The molecule has 3 heterocycles. The minimum absolute atomic E-state index is 0.00114. The normalized spacial score (nSPS) is 21.7. The zero-order chi connectivity index (χ0) is 12.2. The van der Waals surface area contributed by atoms with Gasteiger partial charge in [-0.05, 0) is 12.8 Å². The molecule has 1 saturated heterocycles. The van der Waals surface area contributed by atoms with E-state index in [4.69, 9.17) is 0 Å². The fourth-order valence-corrected chi connectivity index (χ4v) is 3.59. The molecule has 0 bridgehead atoms. The van der Waals surface area contributed by atoms with Crippen molar-refractivity contribution in [2.75, 3.05) is 24.5 Å². The van der Waals surface area contributed by atoms with Gasteiger partial charge in [-0.1, -0.05) is 11.3 Å². The molecule has 5 nitrogen and oxygen atoms in total. The Morgan fingerprint density at radius 1 is 1.44 bits per heavy atom. The molecule has 6 heteroatoms. The Kier molecular flexibility index (Phi) is 2.07. The van der Waals surface area contributed by atoms with E-state index in [1.807, 2.05) is 6.20 Å². The largest absolute Gasteiger partial charge is 0.359 e. The van der Waals surface area contributed by atoms with Crippen LogP contribution < -0.4 is 15.8 Å². The highest BCUT2D eigenvalue weighted by Crippen LogP contribution is 2.39. The summed E-state index contributed by atoms with van der Waals surface area (Å²) in [7, 11) is 0. The number of anilines is 1. The van der Waals surface area contributed by atoms with Crippen molar-refractivity contribution in [3.8, 4) is 0 Å². The molecule has 4 rings (SSSR count). The van der Waals surface area contributed by atoms with Gasteiger partial charge in [0.05, 0.1) is 0 Å². The Labute approximate surface area is 108 Å². The molecule has 0 radical (unpaired) electrons. The summed E-state index contributed by atoms with van der Waals surface area (Å²) in [5.41, 5.74) is 0.353. The maximum absolute atomic E-state index is 11.7. The van der Waals surface area contributed by atoms with Crippen LogP contribution in [0.15, 0.2) is 23.3 Å². The third kappa shape index (κ3) is 1.56. The van der Waals surface area contributed by atoms with Crippen molar-refractivity contribution in [1.82, 2.24) is 14.7 Å². The summed E-state index contributed by atoms with van der Waals surface area (Å²) in [6.45, 7) is 3.08. The van der Waals surface area contributed by atoms with E-state index >= 15 is 0 Å². The fraction of sp³-hybridized carbons (Fsp3) is 0.500. The second kappa shape index (κ2) is 3.55. The van der Waals surface area contributed by atoms with Gasteiger partial charge in [0.1, 0.15) is 5.00 Å². The first-order chi connectivity index (χ1) is 8.76. The molecule has 1 aliphatic heterocycles. The zero-order valence-electron chi connectivity index (χ0n) is 9.93. The van der Waals surface area contributed by atoms with Crippen LogP contribution in [-0.4, -0.2) is 34.6 Å². The van der Waals surface area contributed by atoms with E-state index in [0.29, 0.717) is 5.54 Å². The molecule has 1 N–H and O–H groups in total. The second-order valence-corrected chi connectivity index (χ2v) is 6.12. The summed E-state index contributed by atoms with van der Waals surface area (Å²) < 4.78 is 1.64. The van der Waals surface area contributed by atoms with E-state index in [2.05, 4.69) is 15.2 Å². The van der Waals surface area contributed by atoms with Crippen LogP contribution in [0.2, 0.25) is 0 Å². The third-order valence-electron chi connectivity index (χ3n) is 3.82. The predicted octanol–water partition coefficient (Wildman–Crippen LogP) is 0.698. The van der Waals surface area contributed by atoms with Crippen molar-refractivity contribution < 1.29 is 0 Å². The topological polar surface area (TPSA) is 49.6 Å². The molecule has 18 heavy (non-hydrogen) atoms. The van der Waals surface area contributed by atoms with Crippen molar-refractivity contribution in [3.05, 3.63) is 28.8 Å². The van der Waals surface area contributed by atoms with Gasteiger partial charge in [-0.3, -0.25) is 9.20 Å². The Morgan fingerprint density at radius 3 is 3.11 bits per heavy atom. The van der Waals surface area contributed by atoms with Gasteiger partial charge >= 0.3 is 0 Å². The number of rotatable bonds is 1. The van der Waals surface area contributed by atoms with Crippen LogP contribution in [-0.2, 0) is 0 Å². The lowest BCUT2D eigenvalue weighted by Gasteiger charge is -2.34. The first-order valence-corrected chi connectivity index (χ1v) is 7.05. The van der Waals surface area contributed by atoms with Gasteiger partial charge in [-0.15, -0.1) is 0 Å². The van der Waals surface area contributed by atoms with Crippen LogP contribution in [0.1, 0.15) is 12.8 Å². The van der Waals surface area contributed by atoms with Crippen LogP contribution >= 0.6 is 11.3 Å². The maximum atomic E-state index is 11.7. The molecular weight excluding hydrogens is 248 g/mol. The van der Waals surface area contributed by atoms with Gasteiger partial charge in [0.15, 0.2) is 4.96 Å². The van der Waals surface area contributed by atoms with Crippen LogP contribution in [0.25, 0.3) is 4.96 Å². The van der Waals surface area contributed by atoms with E-state index in [0.717, 1.165) is 29.6 Å². The van der Waals surface area contributed by atoms with Crippen LogP contribution in [0.4, 0.5) is 5.00 Å². The van der Waals surface area contributed by atoms with E-state index in [9.17, 15) is 4.79 Å². The molecule has 0 atom stereocenters. The average molecular weight is 262 g/mol. The maximum Gasteiger partial charge on any atom is 0.258 e. The SMILES string of the molecule is O=c1ccnc2sc(N3CCNC4(CC4)C3)cn12. The number of nitrogens with one attached hydrogen (secondary N) is 1. The van der Waals surface area contributed by atoms with Gasteiger partial charge in [-0.2, -0.15) is 0 Å². The number of aromatic nitrogens is 2. The molecule has 2 fully saturated rings. The highest BCUT2D eigenvalue weighted by molar-refractivity contribution is 7.20. The first-order valence-electron chi connectivity index (χ1n) is 6.23. The number of fused-ring (bicyclic) bond motifs is 1. The van der Waals surface area contributed by atoms with Crippen LogP contribution in [0.5, 0.6) is 0 Å². The summed E-state index contributed by atoms with van der Waals surface area (Å²) in [5.74, 6) is 0. The lowest BCUT2D eigenvalue weighted by Crippen LogP contribution is -2.52. The second-order valence-electron chi connectivity index (χ2n) is 5.13. The molecule has 1 aliphatic carbocycles. The molecule has 2 aromatic rings. The van der Waals surface area contributed by atoms with Crippen LogP contribution in [0.3, 0.4) is 0 Å². The third-order valence-corrected chi connectivity index (χ3v) is 4.88. The van der Waals surface area contributed by atoms with Crippen molar-refractivity contribution in [3.63, 3.8) is 0 Å². The number of hydrogen-bond donors (Lipinski definition) is 1.